The van der Waals surface area contributed by atoms with Crippen molar-refractivity contribution < 1.29 is 9.18 Å². The van der Waals surface area contributed by atoms with E-state index >= 15 is 0 Å². The summed E-state index contributed by atoms with van der Waals surface area (Å²) in [6.07, 6.45) is 3.41. The first-order valence-electron chi connectivity index (χ1n) is 9.64. The molecule has 0 unspecified atom stereocenters. The number of benzene rings is 1. The molecule has 2 saturated heterocycles. The number of rotatable bonds is 3. The molecule has 1 aromatic rings. The van der Waals surface area contributed by atoms with Crippen molar-refractivity contribution in [2.45, 2.75) is 33.1 Å². The van der Waals surface area contributed by atoms with Gasteiger partial charge in [-0.3, -0.25) is 0 Å². The van der Waals surface area contributed by atoms with Crippen molar-refractivity contribution in [2.75, 3.05) is 38.0 Å². The standard InChI is InChI=1S/C20H29ClFN3O/c1-14-9-15(2)12-24(11-14)13-16-5-7-25(8-6-16)20(26)23-17-3-4-19(22)18(21)10-17/h3-4,10,14-16H,5-9,11-13H2,1-2H3,(H,23,26)/t14-,15-/m0/s1. The van der Waals surface area contributed by atoms with Crippen molar-refractivity contribution in [1.82, 2.24) is 9.80 Å². The Hall–Kier alpha value is -1.33. The quantitative estimate of drug-likeness (QED) is 0.823. The molecule has 144 valence electrons. The van der Waals surface area contributed by atoms with Crippen LogP contribution in [-0.2, 0) is 0 Å². The third kappa shape index (κ3) is 5.10. The summed E-state index contributed by atoms with van der Waals surface area (Å²) in [5, 5.41) is 2.83. The number of hydrogen-bond donors (Lipinski definition) is 1. The number of nitrogens with zero attached hydrogens (tertiary/aromatic N) is 2. The first-order valence-corrected chi connectivity index (χ1v) is 10.0. The van der Waals surface area contributed by atoms with Gasteiger partial charge in [0, 0.05) is 38.4 Å². The first-order chi connectivity index (χ1) is 12.4. The molecule has 26 heavy (non-hydrogen) atoms. The van der Waals surface area contributed by atoms with E-state index in [1.807, 2.05) is 4.90 Å². The fraction of sp³-hybridized carbons (Fsp3) is 0.650. The molecule has 2 aliphatic heterocycles. The SMILES string of the molecule is C[C@H]1C[C@H](C)CN(CC2CCN(C(=O)Nc3ccc(F)c(Cl)c3)CC2)C1. The van der Waals surface area contributed by atoms with Gasteiger partial charge in [0.25, 0.3) is 0 Å². The molecule has 1 aromatic carbocycles. The highest BCUT2D eigenvalue weighted by Gasteiger charge is 2.27. The second kappa shape index (κ2) is 8.57. The molecular weight excluding hydrogens is 353 g/mol. The van der Waals surface area contributed by atoms with Crippen LogP contribution in [0.4, 0.5) is 14.9 Å². The van der Waals surface area contributed by atoms with Crippen LogP contribution < -0.4 is 5.32 Å². The summed E-state index contributed by atoms with van der Waals surface area (Å²) < 4.78 is 13.2. The molecule has 1 N–H and O–H groups in total. The Morgan fingerprint density at radius 2 is 1.88 bits per heavy atom. The summed E-state index contributed by atoms with van der Waals surface area (Å²) in [6, 6.07) is 4.11. The van der Waals surface area contributed by atoms with Crippen LogP contribution in [0.3, 0.4) is 0 Å². The van der Waals surface area contributed by atoms with Gasteiger partial charge in [-0.05, 0) is 55.2 Å². The number of halogens is 2. The number of carbonyl (C=O) groups is 1. The molecule has 2 heterocycles. The second-order valence-electron chi connectivity index (χ2n) is 8.15. The van der Waals surface area contributed by atoms with Gasteiger partial charge < -0.3 is 15.1 Å². The number of amides is 2. The van der Waals surface area contributed by atoms with E-state index in [4.69, 9.17) is 11.6 Å². The zero-order valence-electron chi connectivity index (χ0n) is 15.7. The van der Waals surface area contributed by atoms with Crippen molar-refractivity contribution in [3.05, 3.63) is 29.0 Å². The van der Waals surface area contributed by atoms with Gasteiger partial charge in [0.15, 0.2) is 0 Å². The molecule has 3 rings (SSSR count). The maximum Gasteiger partial charge on any atom is 0.321 e. The molecule has 0 aromatic heterocycles. The van der Waals surface area contributed by atoms with Gasteiger partial charge in [-0.15, -0.1) is 0 Å². The van der Waals surface area contributed by atoms with Crippen molar-refractivity contribution in [2.24, 2.45) is 17.8 Å². The summed E-state index contributed by atoms with van der Waals surface area (Å²) in [7, 11) is 0. The fourth-order valence-corrected chi connectivity index (χ4v) is 4.58. The van der Waals surface area contributed by atoms with Crippen molar-refractivity contribution >= 4 is 23.3 Å². The van der Waals surface area contributed by atoms with Gasteiger partial charge in [-0.1, -0.05) is 25.4 Å². The number of anilines is 1. The van der Waals surface area contributed by atoms with Gasteiger partial charge in [-0.2, -0.15) is 0 Å². The number of carbonyl (C=O) groups excluding carboxylic acids is 1. The molecule has 0 saturated carbocycles. The van der Waals surface area contributed by atoms with E-state index < -0.39 is 5.82 Å². The lowest BCUT2D eigenvalue weighted by atomic mass is 9.89. The normalized spacial score (nSPS) is 25.3. The van der Waals surface area contributed by atoms with Crippen LogP contribution in [0.25, 0.3) is 0 Å². The zero-order chi connectivity index (χ0) is 18.7. The summed E-state index contributed by atoms with van der Waals surface area (Å²) in [6.45, 7) is 9.79. The number of hydrogen-bond acceptors (Lipinski definition) is 2. The molecule has 2 amide bonds. The van der Waals surface area contributed by atoms with Gasteiger partial charge in [0.1, 0.15) is 5.82 Å². The Balaban J connectivity index is 1.45. The predicted octanol–water partition coefficient (Wildman–Crippen LogP) is 4.70. The van der Waals surface area contributed by atoms with Crippen LogP contribution in [0.5, 0.6) is 0 Å². The Bertz CT molecular complexity index is 623. The minimum atomic E-state index is -0.480. The number of likely N-dealkylation sites (tertiary alicyclic amines) is 2. The molecule has 4 nitrogen and oxygen atoms in total. The molecule has 0 bridgehead atoms. The maximum absolute atomic E-state index is 13.2. The summed E-state index contributed by atoms with van der Waals surface area (Å²) in [4.78, 5) is 16.9. The van der Waals surface area contributed by atoms with Crippen LogP contribution in [-0.4, -0.2) is 48.6 Å². The molecule has 6 heteroatoms. The second-order valence-corrected chi connectivity index (χ2v) is 8.56. The van der Waals surface area contributed by atoms with Crippen molar-refractivity contribution in [1.29, 1.82) is 0 Å². The van der Waals surface area contributed by atoms with Gasteiger partial charge in [0.05, 0.1) is 5.02 Å². The van der Waals surface area contributed by atoms with Crippen LogP contribution in [0.1, 0.15) is 33.1 Å². The van der Waals surface area contributed by atoms with Crippen molar-refractivity contribution in [3.63, 3.8) is 0 Å². The number of piperidine rings is 2. The molecule has 0 spiro atoms. The monoisotopic (exact) mass is 381 g/mol. The summed E-state index contributed by atoms with van der Waals surface area (Å²) >= 11 is 5.77. The van der Waals surface area contributed by atoms with Gasteiger partial charge in [-0.25, -0.2) is 9.18 Å². The van der Waals surface area contributed by atoms with E-state index in [1.165, 1.54) is 37.7 Å². The van der Waals surface area contributed by atoms with Crippen molar-refractivity contribution in [3.8, 4) is 0 Å². The van der Waals surface area contributed by atoms with Gasteiger partial charge >= 0.3 is 6.03 Å². The summed E-state index contributed by atoms with van der Waals surface area (Å²) in [5.41, 5.74) is 0.528. The highest BCUT2D eigenvalue weighted by Crippen LogP contribution is 2.25. The fourth-order valence-electron chi connectivity index (χ4n) is 4.40. The highest BCUT2D eigenvalue weighted by molar-refractivity contribution is 6.31. The Morgan fingerprint density at radius 3 is 2.50 bits per heavy atom. The van der Waals surface area contributed by atoms with Crippen LogP contribution in [0.15, 0.2) is 18.2 Å². The largest absolute Gasteiger partial charge is 0.325 e. The average Bonchev–Trinajstić information content (AvgIpc) is 2.58. The van der Waals surface area contributed by atoms with E-state index in [-0.39, 0.29) is 11.1 Å². The van der Waals surface area contributed by atoms with E-state index in [0.29, 0.717) is 11.6 Å². The molecule has 0 radical (unpaired) electrons. The third-order valence-electron chi connectivity index (χ3n) is 5.53. The smallest absolute Gasteiger partial charge is 0.321 e. The van der Waals surface area contributed by atoms with E-state index in [9.17, 15) is 9.18 Å². The Morgan fingerprint density at radius 1 is 1.23 bits per heavy atom. The average molecular weight is 382 g/mol. The number of nitrogens with one attached hydrogen (secondary N) is 1. The zero-order valence-corrected chi connectivity index (χ0v) is 16.4. The van der Waals surface area contributed by atoms with Gasteiger partial charge in [0.2, 0.25) is 0 Å². The lowest BCUT2D eigenvalue weighted by molar-refractivity contribution is 0.101. The van der Waals surface area contributed by atoms with Crippen LogP contribution >= 0.6 is 11.6 Å². The lowest BCUT2D eigenvalue weighted by Crippen LogP contribution is -2.46. The minimum Gasteiger partial charge on any atom is -0.325 e. The molecule has 2 aliphatic rings. The topological polar surface area (TPSA) is 35.6 Å². The van der Waals surface area contributed by atoms with Crippen LogP contribution in [0.2, 0.25) is 5.02 Å². The lowest BCUT2D eigenvalue weighted by Gasteiger charge is -2.39. The highest BCUT2D eigenvalue weighted by atomic mass is 35.5. The third-order valence-corrected chi connectivity index (χ3v) is 5.82. The first kappa shape index (κ1) is 19.4. The Kier molecular flexibility index (Phi) is 6.41. The van der Waals surface area contributed by atoms with E-state index in [0.717, 1.165) is 44.3 Å². The molecule has 0 aliphatic carbocycles. The van der Waals surface area contributed by atoms with E-state index in [1.54, 1.807) is 0 Å². The molecule has 2 atom stereocenters. The molecule has 2 fully saturated rings. The van der Waals surface area contributed by atoms with E-state index in [2.05, 4.69) is 24.1 Å². The van der Waals surface area contributed by atoms with Crippen LogP contribution in [0, 0.1) is 23.6 Å². The minimum absolute atomic E-state index is 0.0199. The number of urea groups is 1. The predicted molar refractivity (Wildman–Crippen MR) is 104 cm³/mol. The summed E-state index contributed by atoms with van der Waals surface area (Å²) in [5.74, 6) is 1.75. The molecular formula is C20H29ClFN3O. The Labute approximate surface area is 160 Å². The maximum atomic E-state index is 13.2.